The van der Waals surface area contributed by atoms with E-state index >= 15 is 0 Å². The predicted octanol–water partition coefficient (Wildman–Crippen LogP) is 2.23. The number of thiophene rings is 1. The lowest BCUT2D eigenvalue weighted by atomic mass is 10.3. The maximum atomic E-state index is 11.2. The number of hydrogen-bond donors (Lipinski definition) is 1. The Bertz CT molecular complexity index is 537. The molecule has 1 N–H and O–H groups in total. The first kappa shape index (κ1) is 15.7. The normalized spacial score (nSPS) is 10.7. The summed E-state index contributed by atoms with van der Waals surface area (Å²) in [4.78, 5) is 17.5. The number of unbranched alkanes of at least 4 members (excludes halogenated alkanes) is 1. The van der Waals surface area contributed by atoms with Crippen LogP contribution in [0.15, 0.2) is 30.9 Å². The van der Waals surface area contributed by atoms with Crippen molar-refractivity contribution in [3.63, 3.8) is 0 Å². The molecule has 0 aromatic carbocycles. The molecule has 0 saturated carbocycles. The summed E-state index contributed by atoms with van der Waals surface area (Å²) < 4.78 is 6.76. The number of nitrogens with one attached hydrogen (secondary N) is 1. The molecule has 114 valence electrons. The van der Waals surface area contributed by atoms with Crippen LogP contribution in [0.2, 0.25) is 0 Å². The third kappa shape index (κ3) is 5.69. The van der Waals surface area contributed by atoms with Crippen LogP contribution in [0.4, 0.5) is 0 Å². The number of carbonyl (C=O) groups excluding carboxylic acids is 1. The highest BCUT2D eigenvalue weighted by Crippen LogP contribution is 2.17. The average molecular weight is 307 g/mol. The molecule has 2 aromatic rings. The Morgan fingerprint density at radius 2 is 2.24 bits per heavy atom. The molecule has 0 spiro atoms. The van der Waals surface area contributed by atoms with E-state index in [4.69, 9.17) is 0 Å². The van der Waals surface area contributed by atoms with Crippen molar-refractivity contribution in [1.29, 1.82) is 0 Å². The Labute approximate surface area is 129 Å². The Kier molecular flexibility index (Phi) is 6.43. The summed E-state index contributed by atoms with van der Waals surface area (Å²) >= 11 is 1.66. The molecule has 2 heterocycles. The Hall–Kier alpha value is -1.66. The topological polar surface area (TPSA) is 56.1 Å². The van der Waals surface area contributed by atoms with Crippen LogP contribution in [0.3, 0.4) is 0 Å². The van der Waals surface area contributed by atoms with Gasteiger partial charge < -0.3 is 14.6 Å². The van der Waals surface area contributed by atoms with E-state index in [9.17, 15) is 4.79 Å². The van der Waals surface area contributed by atoms with E-state index in [1.807, 2.05) is 18.6 Å². The van der Waals surface area contributed by atoms with E-state index in [2.05, 4.69) is 25.7 Å². The van der Waals surface area contributed by atoms with Gasteiger partial charge in [0, 0.05) is 35.2 Å². The highest BCUT2D eigenvalue weighted by atomic mass is 32.1. The summed E-state index contributed by atoms with van der Waals surface area (Å²) in [7, 11) is 1.42. The monoisotopic (exact) mass is 307 g/mol. The van der Waals surface area contributed by atoms with E-state index in [-0.39, 0.29) is 5.97 Å². The van der Waals surface area contributed by atoms with Crippen molar-refractivity contribution >= 4 is 17.3 Å². The standard InChI is InChI=1S/C15H21N3O2S/c1-20-15(19)10-13-4-5-14(21-13)11-16-6-2-3-8-18-9-7-17-12-18/h4-5,7,9,12,16H,2-3,6,8,10-11H2,1H3. The van der Waals surface area contributed by atoms with Gasteiger partial charge in [0.25, 0.3) is 0 Å². The van der Waals surface area contributed by atoms with E-state index in [1.165, 1.54) is 12.0 Å². The Balaban J connectivity index is 1.57. The van der Waals surface area contributed by atoms with Crippen molar-refractivity contribution in [2.45, 2.75) is 32.4 Å². The molecule has 5 nitrogen and oxygen atoms in total. The Morgan fingerprint density at radius 1 is 1.38 bits per heavy atom. The van der Waals surface area contributed by atoms with E-state index in [1.54, 1.807) is 17.5 Å². The second-order valence-corrected chi connectivity index (χ2v) is 6.06. The fourth-order valence-corrected chi connectivity index (χ4v) is 2.97. The van der Waals surface area contributed by atoms with Gasteiger partial charge in [-0.05, 0) is 31.5 Å². The number of methoxy groups -OCH3 is 1. The van der Waals surface area contributed by atoms with Crippen LogP contribution < -0.4 is 5.32 Å². The molecule has 0 aliphatic carbocycles. The zero-order valence-electron chi connectivity index (χ0n) is 12.2. The van der Waals surface area contributed by atoms with Gasteiger partial charge in [-0.3, -0.25) is 4.79 Å². The maximum Gasteiger partial charge on any atom is 0.310 e. The molecule has 0 saturated heterocycles. The molecule has 0 radical (unpaired) electrons. The van der Waals surface area contributed by atoms with E-state index in [0.29, 0.717) is 6.42 Å². The van der Waals surface area contributed by atoms with Crippen molar-refractivity contribution in [2.24, 2.45) is 0 Å². The maximum absolute atomic E-state index is 11.2. The summed E-state index contributed by atoms with van der Waals surface area (Å²) in [5, 5.41) is 3.43. The molecule has 0 aliphatic rings. The van der Waals surface area contributed by atoms with Crippen molar-refractivity contribution < 1.29 is 9.53 Å². The van der Waals surface area contributed by atoms with Gasteiger partial charge in [-0.1, -0.05) is 0 Å². The zero-order valence-corrected chi connectivity index (χ0v) is 13.1. The molecule has 0 atom stereocenters. The second kappa shape index (κ2) is 8.59. The number of ether oxygens (including phenoxy) is 1. The first-order chi connectivity index (χ1) is 10.3. The van der Waals surface area contributed by atoms with Crippen LogP contribution in [-0.2, 0) is 29.0 Å². The van der Waals surface area contributed by atoms with Gasteiger partial charge in [0.1, 0.15) is 0 Å². The minimum absolute atomic E-state index is 0.184. The van der Waals surface area contributed by atoms with Crippen molar-refractivity contribution in [3.05, 3.63) is 40.6 Å². The molecule has 6 heteroatoms. The first-order valence-corrected chi connectivity index (χ1v) is 7.90. The van der Waals surface area contributed by atoms with Crippen molar-refractivity contribution in [2.75, 3.05) is 13.7 Å². The highest BCUT2D eigenvalue weighted by molar-refractivity contribution is 7.12. The minimum atomic E-state index is -0.184. The third-order valence-corrected chi connectivity index (χ3v) is 4.23. The van der Waals surface area contributed by atoms with Gasteiger partial charge in [0.15, 0.2) is 0 Å². The SMILES string of the molecule is COC(=O)Cc1ccc(CNCCCCn2ccnc2)s1. The summed E-state index contributed by atoms with van der Waals surface area (Å²) in [5.74, 6) is -0.184. The lowest BCUT2D eigenvalue weighted by Gasteiger charge is -2.04. The number of hydrogen-bond acceptors (Lipinski definition) is 5. The third-order valence-electron chi connectivity index (χ3n) is 3.14. The number of rotatable bonds is 9. The number of carbonyl (C=O) groups is 1. The van der Waals surface area contributed by atoms with Crippen LogP contribution >= 0.6 is 11.3 Å². The molecular weight excluding hydrogens is 286 g/mol. The summed E-state index contributed by atoms with van der Waals surface area (Å²) in [6, 6.07) is 4.07. The quantitative estimate of drug-likeness (QED) is 0.570. The Morgan fingerprint density at radius 3 is 3.00 bits per heavy atom. The molecule has 0 unspecified atom stereocenters. The number of imidazole rings is 1. The predicted molar refractivity (Wildman–Crippen MR) is 83.2 cm³/mol. The van der Waals surface area contributed by atoms with Gasteiger partial charge in [-0.15, -0.1) is 11.3 Å². The molecular formula is C15H21N3O2S. The summed E-state index contributed by atoms with van der Waals surface area (Å²) in [6.45, 7) is 2.87. The summed E-state index contributed by atoms with van der Waals surface area (Å²) in [5.41, 5.74) is 0. The zero-order chi connectivity index (χ0) is 14.9. The molecule has 2 aromatic heterocycles. The van der Waals surface area contributed by atoms with Gasteiger partial charge >= 0.3 is 5.97 Å². The second-order valence-electron chi connectivity index (χ2n) is 4.81. The molecule has 21 heavy (non-hydrogen) atoms. The molecule has 0 aliphatic heterocycles. The largest absolute Gasteiger partial charge is 0.469 e. The van der Waals surface area contributed by atoms with Gasteiger partial charge in [0.05, 0.1) is 19.9 Å². The van der Waals surface area contributed by atoms with Crippen LogP contribution in [-0.4, -0.2) is 29.2 Å². The van der Waals surface area contributed by atoms with Gasteiger partial charge in [-0.25, -0.2) is 4.98 Å². The van der Waals surface area contributed by atoms with Crippen molar-refractivity contribution in [3.8, 4) is 0 Å². The van der Waals surface area contributed by atoms with Crippen LogP contribution in [0.1, 0.15) is 22.6 Å². The molecule has 0 fully saturated rings. The van der Waals surface area contributed by atoms with E-state index in [0.717, 1.165) is 37.4 Å². The fourth-order valence-electron chi connectivity index (χ4n) is 2.00. The number of esters is 1. The lowest BCUT2D eigenvalue weighted by Crippen LogP contribution is -2.14. The van der Waals surface area contributed by atoms with Gasteiger partial charge in [-0.2, -0.15) is 0 Å². The van der Waals surface area contributed by atoms with Gasteiger partial charge in [0.2, 0.25) is 0 Å². The summed E-state index contributed by atoms with van der Waals surface area (Å²) in [6.07, 6.45) is 8.29. The van der Waals surface area contributed by atoms with E-state index < -0.39 is 0 Å². The molecule has 0 bridgehead atoms. The molecule has 2 rings (SSSR count). The number of nitrogens with zero attached hydrogens (tertiary/aromatic N) is 2. The number of aromatic nitrogens is 2. The van der Waals surface area contributed by atoms with Crippen molar-refractivity contribution in [1.82, 2.24) is 14.9 Å². The van der Waals surface area contributed by atoms with Crippen LogP contribution in [0, 0.1) is 0 Å². The molecule has 0 amide bonds. The van der Waals surface area contributed by atoms with Crippen LogP contribution in [0.25, 0.3) is 0 Å². The number of aryl methyl sites for hydroxylation is 1. The first-order valence-electron chi connectivity index (χ1n) is 7.09. The smallest absolute Gasteiger partial charge is 0.310 e. The lowest BCUT2D eigenvalue weighted by molar-refractivity contribution is -0.139. The fraction of sp³-hybridized carbons (Fsp3) is 0.467. The highest BCUT2D eigenvalue weighted by Gasteiger charge is 2.05. The van der Waals surface area contributed by atoms with Crippen LogP contribution in [0.5, 0.6) is 0 Å². The average Bonchev–Trinajstić information content (AvgIpc) is 3.14. The minimum Gasteiger partial charge on any atom is -0.469 e.